The van der Waals surface area contributed by atoms with Gasteiger partial charge < -0.3 is 9.72 Å². The first-order valence-corrected chi connectivity index (χ1v) is 11.4. The highest BCUT2D eigenvalue weighted by Crippen LogP contribution is 2.39. The molecule has 1 N–H and O–H groups in total. The van der Waals surface area contributed by atoms with Crippen LogP contribution in [0, 0.1) is 0 Å². The number of carbonyl (C=O) groups excluding carboxylic acids is 1. The van der Waals surface area contributed by atoms with Crippen LogP contribution < -0.4 is 15.2 Å². The van der Waals surface area contributed by atoms with Crippen LogP contribution in [-0.4, -0.2) is 40.5 Å². The number of benzene rings is 3. The number of aromatic nitrogens is 2. The number of carbonyl (C=O) groups is 1. The number of nitrogens with one attached hydrogen (secondary N) is 1. The number of nitrogens with zero attached hydrogens (tertiary/aromatic N) is 3. The summed E-state index contributed by atoms with van der Waals surface area (Å²) in [6.45, 7) is 3.56. The molecular weight excluding hydrogens is 428 g/mol. The lowest BCUT2D eigenvalue weighted by Crippen LogP contribution is -2.46. The summed E-state index contributed by atoms with van der Waals surface area (Å²) in [5.74, 6) is 1.21. The van der Waals surface area contributed by atoms with Crippen molar-refractivity contribution < 1.29 is 9.53 Å². The zero-order valence-electron chi connectivity index (χ0n) is 19.0. The molecule has 1 amide bonds. The maximum Gasteiger partial charge on any atom is 0.258 e. The van der Waals surface area contributed by atoms with E-state index in [9.17, 15) is 9.59 Å². The van der Waals surface area contributed by atoms with Gasteiger partial charge in [0.05, 0.1) is 35.7 Å². The quantitative estimate of drug-likeness (QED) is 0.478. The van der Waals surface area contributed by atoms with Crippen LogP contribution in [0.15, 0.2) is 83.7 Å². The van der Waals surface area contributed by atoms with Crippen molar-refractivity contribution in [3.63, 3.8) is 0 Å². The minimum absolute atomic E-state index is 0.0328. The molecule has 7 heteroatoms. The molecular formula is C27H26N4O3. The summed E-state index contributed by atoms with van der Waals surface area (Å²) >= 11 is 0. The fourth-order valence-electron chi connectivity index (χ4n) is 4.39. The monoisotopic (exact) mass is 454 g/mol. The van der Waals surface area contributed by atoms with Gasteiger partial charge in [-0.1, -0.05) is 61.5 Å². The molecule has 0 saturated heterocycles. The average Bonchev–Trinajstić information content (AvgIpc) is 2.88. The third-order valence-corrected chi connectivity index (χ3v) is 6.13. The van der Waals surface area contributed by atoms with Gasteiger partial charge in [0.25, 0.3) is 5.56 Å². The predicted molar refractivity (Wildman–Crippen MR) is 132 cm³/mol. The van der Waals surface area contributed by atoms with Gasteiger partial charge in [0.15, 0.2) is 0 Å². The Hall–Kier alpha value is -3.97. The van der Waals surface area contributed by atoms with Crippen molar-refractivity contribution in [2.75, 3.05) is 24.6 Å². The number of hydrogen-bond donors (Lipinski definition) is 1. The number of hydrogen-bond acceptors (Lipinski definition) is 5. The number of rotatable bonds is 6. The lowest BCUT2D eigenvalue weighted by Gasteiger charge is -2.38. The van der Waals surface area contributed by atoms with Gasteiger partial charge in [0.2, 0.25) is 5.91 Å². The summed E-state index contributed by atoms with van der Waals surface area (Å²) < 4.78 is 5.99. The third-order valence-electron chi connectivity index (χ3n) is 6.13. The van der Waals surface area contributed by atoms with E-state index in [1.807, 2.05) is 89.5 Å². The van der Waals surface area contributed by atoms with E-state index in [0.29, 0.717) is 42.2 Å². The molecule has 1 aliphatic rings. The average molecular weight is 455 g/mol. The fraction of sp³-hybridized carbons (Fsp3) is 0.222. The number of para-hydroxylation sites is 3. The van der Waals surface area contributed by atoms with E-state index >= 15 is 0 Å². The molecule has 1 aromatic heterocycles. The summed E-state index contributed by atoms with van der Waals surface area (Å²) in [6, 6.07) is 24.6. The molecule has 0 radical (unpaired) electrons. The first kappa shape index (κ1) is 21.9. The van der Waals surface area contributed by atoms with Crippen molar-refractivity contribution in [1.29, 1.82) is 0 Å². The Morgan fingerprint density at radius 1 is 1.06 bits per heavy atom. The Kier molecular flexibility index (Phi) is 6.10. The molecule has 7 nitrogen and oxygen atoms in total. The van der Waals surface area contributed by atoms with Gasteiger partial charge in [-0.25, -0.2) is 4.98 Å². The van der Waals surface area contributed by atoms with E-state index in [4.69, 9.17) is 4.74 Å². The van der Waals surface area contributed by atoms with E-state index in [1.165, 1.54) is 0 Å². The van der Waals surface area contributed by atoms with Crippen molar-refractivity contribution >= 4 is 22.5 Å². The van der Waals surface area contributed by atoms with Crippen molar-refractivity contribution in [2.45, 2.75) is 19.5 Å². The molecule has 34 heavy (non-hydrogen) atoms. The Morgan fingerprint density at radius 2 is 1.79 bits per heavy atom. The van der Waals surface area contributed by atoms with Crippen LogP contribution in [0.5, 0.6) is 5.75 Å². The molecule has 1 aliphatic heterocycles. The number of anilines is 1. The predicted octanol–water partition coefficient (Wildman–Crippen LogP) is 3.91. The Labute approximate surface area is 197 Å². The van der Waals surface area contributed by atoms with Crippen LogP contribution in [0.4, 0.5) is 5.69 Å². The van der Waals surface area contributed by atoms with Gasteiger partial charge in [-0.2, -0.15) is 0 Å². The molecule has 2 heterocycles. The number of amides is 1. The largest absolute Gasteiger partial charge is 0.489 e. The second-order valence-electron chi connectivity index (χ2n) is 8.30. The van der Waals surface area contributed by atoms with Gasteiger partial charge in [0, 0.05) is 0 Å². The molecule has 0 aliphatic carbocycles. The van der Waals surface area contributed by atoms with Crippen LogP contribution in [0.1, 0.15) is 24.4 Å². The van der Waals surface area contributed by atoms with Gasteiger partial charge in [0.1, 0.15) is 18.2 Å². The van der Waals surface area contributed by atoms with Gasteiger partial charge >= 0.3 is 0 Å². The zero-order valence-corrected chi connectivity index (χ0v) is 19.0. The topological polar surface area (TPSA) is 78.5 Å². The van der Waals surface area contributed by atoms with Gasteiger partial charge in [-0.3, -0.25) is 19.4 Å². The molecule has 0 unspecified atom stereocenters. The Bertz CT molecular complexity index is 1370. The standard InChI is InChI=1S/C27H26N4O3/c1-2-30(16-25-28-21-13-7-6-12-20(21)27(33)29-25)17-26(32)31-22-14-8-9-15-24(22)34-18-23(31)19-10-4-3-5-11-19/h3-15,23H,2,16-18H2,1H3,(H,28,29,33)/t23-/m0/s1. The summed E-state index contributed by atoms with van der Waals surface area (Å²) in [7, 11) is 0. The second-order valence-corrected chi connectivity index (χ2v) is 8.30. The lowest BCUT2D eigenvalue weighted by atomic mass is 10.0. The van der Waals surface area contributed by atoms with Crippen molar-refractivity contribution in [3.05, 3.63) is 101 Å². The summed E-state index contributed by atoms with van der Waals surface area (Å²) in [6.07, 6.45) is 0. The lowest BCUT2D eigenvalue weighted by molar-refractivity contribution is -0.120. The minimum Gasteiger partial charge on any atom is -0.489 e. The number of H-pyrrole nitrogens is 1. The van der Waals surface area contributed by atoms with Crippen LogP contribution in [0.3, 0.4) is 0 Å². The van der Waals surface area contributed by atoms with Crippen LogP contribution >= 0.6 is 0 Å². The van der Waals surface area contributed by atoms with Crippen molar-refractivity contribution in [2.24, 2.45) is 0 Å². The molecule has 0 saturated carbocycles. The van der Waals surface area contributed by atoms with Crippen LogP contribution in [0.2, 0.25) is 0 Å². The SMILES string of the molecule is CCN(CC(=O)N1c2ccccc2OC[C@H]1c1ccccc1)Cc1nc2ccccc2c(=O)[nH]1. The number of ether oxygens (including phenoxy) is 1. The van der Waals surface area contributed by atoms with E-state index in [-0.39, 0.29) is 24.1 Å². The molecule has 3 aromatic carbocycles. The first-order valence-electron chi connectivity index (χ1n) is 11.4. The van der Waals surface area contributed by atoms with Crippen LogP contribution in [0.25, 0.3) is 10.9 Å². The maximum absolute atomic E-state index is 13.7. The summed E-state index contributed by atoms with van der Waals surface area (Å²) in [4.78, 5) is 37.5. The number of fused-ring (bicyclic) bond motifs is 2. The molecule has 5 rings (SSSR count). The number of likely N-dealkylation sites (N-methyl/N-ethyl adjacent to an activating group) is 1. The van der Waals surface area contributed by atoms with Gasteiger partial charge in [-0.15, -0.1) is 0 Å². The molecule has 0 bridgehead atoms. The smallest absolute Gasteiger partial charge is 0.258 e. The van der Waals surface area contributed by atoms with E-state index in [0.717, 1.165) is 11.3 Å². The highest BCUT2D eigenvalue weighted by molar-refractivity contribution is 5.97. The number of aromatic amines is 1. The maximum atomic E-state index is 13.7. The molecule has 4 aromatic rings. The highest BCUT2D eigenvalue weighted by atomic mass is 16.5. The molecule has 0 fully saturated rings. The van der Waals surface area contributed by atoms with E-state index in [2.05, 4.69) is 9.97 Å². The first-order chi connectivity index (χ1) is 16.6. The summed E-state index contributed by atoms with van der Waals surface area (Å²) in [5, 5.41) is 0.556. The zero-order chi connectivity index (χ0) is 23.5. The van der Waals surface area contributed by atoms with Crippen LogP contribution in [-0.2, 0) is 11.3 Å². The highest BCUT2D eigenvalue weighted by Gasteiger charge is 2.33. The van der Waals surface area contributed by atoms with Crippen molar-refractivity contribution in [3.8, 4) is 5.75 Å². The van der Waals surface area contributed by atoms with E-state index in [1.54, 1.807) is 6.07 Å². The van der Waals surface area contributed by atoms with Gasteiger partial charge in [-0.05, 0) is 36.4 Å². The summed E-state index contributed by atoms with van der Waals surface area (Å²) in [5.41, 5.74) is 2.26. The Morgan fingerprint density at radius 3 is 2.62 bits per heavy atom. The normalized spacial score (nSPS) is 15.2. The fourth-order valence-corrected chi connectivity index (χ4v) is 4.39. The molecule has 172 valence electrons. The minimum atomic E-state index is -0.221. The molecule has 0 spiro atoms. The van der Waals surface area contributed by atoms with Crippen molar-refractivity contribution in [1.82, 2.24) is 14.9 Å². The molecule has 1 atom stereocenters. The van der Waals surface area contributed by atoms with E-state index < -0.39 is 0 Å². The second kappa shape index (κ2) is 9.49. The Balaban J connectivity index is 1.42. The third kappa shape index (κ3) is 4.30.